The second kappa shape index (κ2) is 5.37. The maximum absolute atomic E-state index is 12.7. The van der Waals surface area contributed by atoms with Gasteiger partial charge in [0.2, 0.25) is 0 Å². The molecule has 0 atom stereocenters. The van der Waals surface area contributed by atoms with Gasteiger partial charge >= 0.3 is 0 Å². The van der Waals surface area contributed by atoms with E-state index in [4.69, 9.17) is 5.73 Å². The number of hydrogen-bond acceptors (Lipinski definition) is 2. The van der Waals surface area contributed by atoms with Crippen molar-refractivity contribution in [2.45, 2.75) is 6.42 Å². The molecule has 0 fully saturated rings. The molecular formula is C15H12BrIN2O. The third-order valence-electron chi connectivity index (χ3n) is 3.40. The fourth-order valence-corrected chi connectivity index (χ4v) is 3.35. The fraction of sp³-hybridized carbons (Fsp3) is 0.133. The van der Waals surface area contributed by atoms with Gasteiger partial charge in [0.15, 0.2) is 0 Å². The summed E-state index contributed by atoms with van der Waals surface area (Å²) in [5.41, 5.74) is 9.34. The lowest BCUT2D eigenvalue weighted by Crippen LogP contribution is -2.29. The number of nitrogens with zero attached hydrogens (tertiary/aromatic N) is 1. The van der Waals surface area contributed by atoms with Gasteiger partial charge in [0.05, 0.1) is 5.56 Å². The highest BCUT2D eigenvalue weighted by molar-refractivity contribution is 14.1. The maximum atomic E-state index is 12.7. The van der Waals surface area contributed by atoms with Gasteiger partial charge in [0.25, 0.3) is 5.91 Å². The molecule has 1 aliphatic heterocycles. The van der Waals surface area contributed by atoms with Crippen LogP contribution in [0.25, 0.3) is 0 Å². The zero-order chi connectivity index (χ0) is 14.3. The molecule has 0 radical (unpaired) electrons. The molecule has 0 aliphatic carbocycles. The minimum absolute atomic E-state index is 0.0268. The summed E-state index contributed by atoms with van der Waals surface area (Å²) >= 11 is 5.67. The van der Waals surface area contributed by atoms with E-state index in [1.54, 1.807) is 0 Å². The lowest BCUT2D eigenvalue weighted by Gasteiger charge is -2.18. The lowest BCUT2D eigenvalue weighted by molar-refractivity contribution is 0.0988. The van der Waals surface area contributed by atoms with Gasteiger partial charge in [-0.3, -0.25) is 4.79 Å². The number of hydrogen-bond donors (Lipinski definition) is 1. The summed E-state index contributed by atoms with van der Waals surface area (Å²) in [6.07, 6.45) is 0.855. The van der Waals surface area contributed by atoms with E-state index in [1.807, 2.05) is 41.3 Å². The number of halogens is 2. The van der Waals surface area contributed by atoms with Crippen molar-refractivity contribution in [1.82, 2.24) is 0 Å². The predicted octanol–water partition coefficient (Wildman–Crippen LogP) is 3.84. The van der Waals surface area contributed by atoms with E-state index in [9.17, 15) is 4.79 Å². The SMILES string of the molecule is Nc1ccc2c(c1)CCN2C(=O)c1cc(I)ccc1Br. The maximum Gasteiger partial charge on any atom is 0.259 e. The molecule has 3 rings (SSSR count). The monoisotopic (exact) mass is 442 g/mol. The molecule has 5 heteroatoms. The molecule has 0 saturated carbocycles. The van der Waals surface area contributed by atoms with Gasteiger partial charge in [-0.25, -0.2) is 0 Å². The second-order valence-electron chi connectivity index (χ2n) is 4.72. The Balaban J connectivity index is 2.00. The molecule has 2 N–H and O–H groups in total. The highest BCUT2D eigenvalue weighted by Crippen LogP contribution is 2.32. The van der Waals surface area contributed by atoms with Gasteiger partial charge in [-0.1, -0.05) is 0 Å². The van der Waals surface area contributed by atoms with Crippen LogP contribution in [0.4, 0.5) is 11.4 Å². The third kappa shape index (κ3) is 2.44. The average molecular weight is 443 g/mol. The first-order chi connectivity index (χ1) is 9.56. The van der Waals surface area contributed by atoms with E-state index in [1.165, 1.54) is 0 Å². The average Bonchev–Trinajstić information content (AvgIpc) is 2.83. The Morgan fingerprint density at radius 3 is 2.85 bits per heavy atom. The van der Waals surface area contributed by atoms with Crippen molar-refractivity contribution in [3.63, 3.8) is 0 Å². The molecule has 0 aromatic heterocycles. The van der Waals surface area contributed by atoms with Crippen LogP contribution in [-0.2, 0) is 6.42 Å². The summed E-state index contributed by atoms with van der Waals surface area (Å²) < 4.78 is 1.87. The van der Waals surface area contributed by atoms with Crippen LogP contribution in [0.5, 0.6) is 0 Å². The highest BCUT2D eigenvalue weighted by atomic mass is 127. The van der Waals surface area contributed by atoms with Crippen LogP contribution in [0.2, 0.25) is 0 Å². The third-order valence-corrected chi connectivity index (χ3v) is 4.77. The predicted molar refractivity (Wildman–Crippen MR) is 93.1 cm³/mol. The Bertz CT molecular complexity index is 702. The van der Waals surface area contributed by atoms with Crippen LogP contribution in [0.1, 0.15) is 15.9 Å². The molecular weight excluding hydrogens is 431 g/mol. The molecule has 20 heavy (non-hydrogen) atoms. The van der Waals surface area contributed by atoms with Crippen molar-refractivity contribution >= 4 is 55.8 Å². The standard InChI is InChI=1S/C15H12BrIN2O/c16-13-3-1-10(17)8-12(13)15(20)19-6-5-9-7-11(18)2-4-14(9)19/h1-4,7-8H,5-6,18H2. The van der Waals surface area contributed by atoms with Gasteiger partial charge in [-0.15, -0.1) is 0 Å². The summed E-state index contributed by atoms with van der Waals surface area (Å²) in [6.45, 7) is 0.704. The quantitative estimate of drug-likeness (QED) is 0.538. The molecule has 2 aromatic rings. The number of benzene rings is 2. The Morgan fingerprint density at radius 2 is 2.05 bits per heavy atom. The number of nitrogen functional groups attached to an aromatic ring is 1. The first-order valence-electron chi connectivity index (χ1n) is 6.21. The van der Waals surface area contributed by atoms with Crippen LogP contribution in [0.3, 0.4) is 0 Å². The van der Waals surface area contributed by atoms with Crippen LogP contribution < -0.4 is 10.6 Å². The van der Waals surface area contributed by atoms with Crippen molar-refractivity contribution in [3.05, 3.63) is 55.6 Å². The number of carbonyl (C=O) groups is 1. The van der Waals surface area contributed by atoms with Gasteiger partial charge in [0.1, 0.15) is 0 Å². The summed E-state index contributed by atoms with van der Waals surface area (Å²) in [6, 6.07) is 11.5. The number of carbonyl (C=O) groups excluding carboxylic acids is 1. The van der Waals surface area contributed by atoms with Crippen LogP contribution >= 0.6 is 38.5 Å². The summed E-state index contributed by atoms with van der Waals surface area (Å²) in [4.78, 5) is 14.6. The Kier molecular flexibility index (Phi) is 3.72. The van der Waals surface area contributed by atoms with Crippen LogP contribution in [-0.4, -0.2) is 12.5 Å². The number of nitrogens with two attached hydrogens (primary N) is 1. The van der Waals surface area contributed by atoms with Gasteiger partial charge in [-0.05, 0) is 86.9 Å². The minimum Gasteiger partial charge on any atom is -0.399 e. The summed E-state index contributed by atoms with van der Waals surface area (Å²) in [5, 5.41) is 0. The van der Waals surface area contributed by atoms with Crippen molar-refractivity contribution in [2.75, 3.05) is 17.2 Å². The smallest absolute Gasteiger partial charge is 0.259 e. The normalized spacial score (nSPS) is 13.4. The molecule has 1 aliphatic rings. The van der Waals surface area contributed by atoms with E-state index in [2.05, 4.69) is 38.5 Å². The first kappa shape index (κ1) is 13.9. The molecule has 3 nitrogen and oxygen atoms in total. The molecule has 1 heterocycles. The van der Waals surface area contributed by atoms with E-state index < -0.39 is 0 Å². The molecule has 1 amide bonds. The molecule has 2 aromatic carbocycles. The van der Waals surface area contributed by atoms with Gasteiger partial charge < -0.3 is 10.6 Å². The first-order valence-corrected chi connectivity index (χ1v) is 8.09. The van der Waals surface area contributed by atoms with E-state index in [-0.39, 0.29) is 5.91 Å². The Labute approximate surface area is 139 Å². The van der Waals surface area contributed by atoms with Crippen molar-refractivity contribution < 1.29 is 4.79 Å². The van der Waals surface area contributed by atoms with E-state index >= 15 is 0 Å². The molecule has 0 unspecified atom stereocenters. The Morgan fingerprint density at radius 1 is 1.25 bits per heavy atom. The van der Waals surface area contributed by atoms with Crippen molar-refractivity contribution in [3.8, 4) is 0 Å². The Hall–Kier alpha value is -1.08. The summed E-state index contributed by atoms with van der Waals surface area (Å²) in [5.74, 6) is 0.0268. The number of amides is 1. The number of anilines is 2. The van der Waals surface area contributed by atoms with Crippen LogP contribution in [0, 0.1) is 3.57 Å². The minimum atomic E-state index is 0.0268. The largest absolute Gasteiger partial charge is 0.399 e. The number of rotatable bonds is 1. The topological polar surface area (TPSA) is 46.3 Å². The summed E-state index contributed by atoms with van der Waals surface area (Å²) in [7, 11) is 0. The van der Waals surface area contributed by atoms with Crippen molar-refractivity contribution in [2.24, 2.45) is 0 Å². The molecule has 102 valence electrons. The zero-order valence-corrected chi connectivity index (χ0v) is 14.3. The van der Waals surface area contributed by atoms with Crippen molar-refractivity contribution in [1.29, 1.82) is 0 Å². The highest BCUT2D eigenvalue weighted by Gasteiger charge is 2.26. The molecule has 0 bridgehead atoms. The fourth-order valence-electron chi connectivity index (χ4n) is 2.44. The lowest BCUT2D eigenvalue weighted by atomic mass is 10.1. The number of fused-ring (bicyclic) bond motifs is 1. The molecule has 0 saturated heterocycles. The van der Waals surface area contributed by atoms with Gasteiger partial charge in [-0.2, -0.15) is 0 Å². The zero-order valence-electron chi connectivity index (χ0n) is 10.6. The molecule has 0 spiro atoms. The second-order valence-corrected chi connectivity index (χ2v) is 6.82. The van der Waals surface area contributed by atoms with Crippen LogP contribution in [0.15, 0.2) is 40.9 Å². The van der Waals surface area contributed by atoms with E-state index in [0.29, 0.717) is 12.1 Å². The van der Waals surface area contributed by atoms with Gasteiger partial charge in [0, 0.05) is 26.0 Å². The van der Waals surface area contributed by atoms with E-state index in [0.717, 1.165) is 31.4 Å².